The second-order valence-corrected chi connectivity index (χ2v) is 5.00. The molecule has 5 nitrogen and oxygen atoms in total. The third kappa shape index (κ3) is 2.59. The normalized spacial score (nSPS) is 21.3. The van der Waals surface area contributed by atoms with E-state index in [1.165, 1.54) is 24.3 Å². The number of nitrogens with one attached hydrogen (secondary N) is 1. The van der Waals surface area contributed by atoms with Gasteiger partial charge >= 0.3 is 6.03 Å². The fourth-order valence-corrected chi connectivity index (χ4v) is 2.53. The Morgan fingerprint density at radius 2 is 2.00 bits per heavy atom. The lowest BCUT2D eigenvalue weighted by Gasteiger charge is -2.27. The van der Waals surface area contributed by atoms with Gasteiger partial charge in [0.25, 0.3) is 5.91 Å². The van der Waals surface area contributed by atoms with Crippen molar-refractivity contribution in [2.75, 3.05) is 6.54 Å². The van der Waals surface area contributed by atoms with Crippen LogP contribution in [0.15, 0.2) is 24.3 Å². The minimum atomic E-state index is -1.20. The van der Waals surface area contributed by atoms with Crippen molar-refractivity contribution in [1.82, 2.24) is 10.2 Å². The van der Waals surface area contributed by atoms with E-state index in [2.05, 4.69) is 5.32 Å². The van der Waals surface area contributed by atoms with Crippen molar-refractivity contribution < 1.29 is 14.0 Å². The van der Waals surface area contributed by atoms with Crippen molar-refractivity contribution in [3.63, 3.8) is 0 Å². The molecule has 1 N–H and O–H groups in total. The van der Waals surface area contributed by atoms with Gasteiger partial charge in [-0.1, -0.05) is 31.9 Å². The molecule has 0 bridgehead atoms. The second kappa shape index (κ2) is 5.92. The molecular weight excluding hydrogens is 273 g/mol. The summed E-state index contributed by atoms with van der Waals surface area (Å²) in [7, 11) is 0. The monoisotopic (exact) mass is 289 g/mol. The average molecular weight is 289 g/mol. The molecule has 1 heterocycles. The first-order chi connectivity index (χ1) is 10.0. The quantitative estimate of drug-likeness (QED) is 0.667. The molecule has 0 radical (unpaired) electrons. The Balaban J connectivity index is 2.44. The van der Waals surface area contributed by atoms with Gasteiger partial charge < -0.3 is 5.32 Å². The summed E-state index contributed by atoms with van der Waals surface area (Å²) in [5, 5.41) is 11.4. The Bertz CT molecular complexity index is 594. The Morgan fingerprint density at radius 3 is 2.57 bits per heavy atom. The zero-order valence-electron chi connectivity index (χ0n) is 11.7. The highest BCUT2D eigenvalue weighted by Gasteiger charge is 2.51. The Labute approximate surface area is 122 Å². The predicted octanol–water partition coefficient (Wildman–Crippen LogP) is 2.29. The van der Waals surface area contributed by atoms with Crippen LogP contribution >= 0.6 is 0 Å². The fourth-order valence-electron chi connectivity index (χ4n) is 2.53. The highest BCUT2D eigenvalue weighted by atomic mass is 19.1. The van der Waals surface area contributed by atoms with Crippen LogP contribution in [-0.4, -0.2) is 23.4 Å². The Hall–Kier alpha value is -2.42. The smallest absolute Gasteiger partial charge is 0.319 e. The average Bonchev–Trinajstić information content (AvgIpc) is 2.71. The number of urea groups is 1. The van der Waals surface area contributed by atoms with Crippen LogP contribution < -0.4 is 5.32 Å². The van der Waals surface area contributed by atoms with Crippen LogP contribution in [0.2, 0.25) is 0 Å². The number of nitriles is 1. The van der Waals surface area contributed by atoms with Crippen LogP contribution in [0.3, 0.4) is 0 Å². The first kappa shape index (κ1) is 15.0. The van der Waals surface area contributed by atoms with Gasteiger partial charge in [0.1, 0.15) is 17.9 Å². The number of hydrogen-bond donors (Lipinski definition) is 1. The number of halogens is 1. The van der Waals surface area contributed by atoms with E-state index in [9.17, 15) is 14.0 Å². The molecule has 21 heavy (non-hydrogen) atoms. The lowest BCUT2D eigenvalue weighted by molar-refractivity contribution is -0.131. The number of benzene rings is 1. The van der Waals surface area contributed by atoms with E-state index >= 15 is 0 Å². The summed E-state index contributed by atoms with van der Waals surface area (Å²) in [6.45, 7) is 1.69. The van der Waals surface area contributed by atoms with Gasteiger partial charge in [-0.2, -0.15) is 5.26 Å². The highest BCUT2D eigenvalue weighted by molar-refractivity contribution is 6.07. The number of rotatable bonds is 5. The largest absolute Gasteiger partial charge is 0.326 e. The van der Waals surface area contributed by atoms with E-state index in [4.69, 9.17) is 5.26 Å². The van der Waals surface area contributed by atoms with E-state index in [0.717, 1.165) is 17.7 Å². The van der Waals surface area contributed by atoms with Crippen molar-refractivity contribution in [2.45, 2.75) is 31.7 Å². The number of hydrogen-bond acceptors (Lipinski definition) is 3. The van der Waals surface area contributed by atoms with Crippen molar-refractivity contribution in [1.29, 1.82) is 5.26 Å². The van der Waals surface area contributed by atoms with Crippen LogP contribution in [-0.2, 0) is 10.3 Å². The minimum Gasteiger partial charge on any atom is -0.319 e. The van der Waals surface area contributed by atoms with Crippen LogP contribution in [0, 0.1) is 17.1 Å². The maximum atomic E-state index is 13.1. The number of imide groups is 1. The van der Waals surface area contributed by atoms with Gasteiger partial charge in [-0.25, -0.2) is 14.1 Å². The molecule has 1 aliphatic rings. The van der Waals surface area contributed by atoms with E-state index in [0.29, 0.717) is 12.0 Å². The molecule has 6 heteroatoms. The van der Waals surface area contributed by atoms with Gasteiger partial charge in [0.2, 0.25) is 0 Å². The molecule has 1 atom stereocenters. The molecule has 2 rings (SSSR count). The number of carbonyl (C=O) groups is 2. The zero-order chi connectivity index (χ0) is 15.5. The highest BCUT2D eigenvalue weighted by Crippen LogP contribution is 2.34. The molecule has 0 saturated carbocycles. The van der Waals surface area contributed by atoms with Crippen LogP contribution in [0.1, 0.15) is 31.7 Å². The van der Waals surface area contributed by atoms with Gasteiger partial charge in [0.15, 0.2) is 0 Å². The van der Waals surface area contributed by atoms with E-state index in [-0.39, 0.29) is 6.54 Å². The maximum Gasteiger partial charge on any atom is 0.326 e. The Kier molecular flexibility index (Phi) is 4.22. The topological polar surface area (TPSA) is 73.2 Å². The van der Waals surface area contributed by atoms with Crippen molar-refractivity contribution in [3.05, 3.63) is 35.6 Å². The molecule has 110 valence electrons. The molecule has 1 aromatic rings. The molecule has 1 fully saturated rings. The summed E-state index contributed by atoms with van der Waals surface area (Å²) in [6, 6.07) is 6.74. The summed E-state index contributed by atoms with van der Waals surface area (Å²) in [6.07, 6.45) is 2.00. The summed E-state index contributed by atoms with van der Waals surface area (Å²) in [4.78, 5) is 25.5. The van der Waals surface area contributed by atoms with Crippen molar-refractivity contribution >= 4 is 11.9 Å². The lowest BCUT2D eigenvalue weighted by Crippen LogP contribution is -2.44. The first-order valence-electron chi connectivity index (χ1n) is 6.82. The number of carbonyl (C=O) groups excluding carboxylic acids is 2. The lowest BCUT2D eigenvalue weighted by atomic mass is 9.85. The molecule has 1 saturated heterocycles. The minimum absolute atomic E-state index is 0.292. The van der Waals surface area contributed by atoms with E-state index in [1.54, 1.807) is 0 Å². The molecule has 0 aromatic heterocycles. The second-order valence-electron chi connectivity index (χ2n) is 5.00. The molecule has 1 aromatic carbocycles. The van der Waals surface area contributed by atoms with Gasteiger partial charge in [0, 0.05) is 0 Å². The van der Waals surface area contributed by atoms with E-state index in [1.807, 2.05) is 13.0 Å². The number of amides is 3. The summed E-state index contributed by atoms with van der Waals surface area (Å²) < 4.78 is 13.1. The van der Waals surface area contributed by atoms with Crippen molar-refractivity contribution in [3.8, 4) is 6.07 Å². The third-order valence-corrected chi connectivity index (χ3v) is 3.65. The van der Waals surface area contributed by atoms with Gasteiger partial charge in [-0.05, 0) is 24.1 Å². The fraction of sp³-hybridized carbons (Fsp3) is 0.400. The van der Waals surface area contributed by atoms with E-state index < -0.39 is 23.3 Å². The molecule has 0 spiro atoms. The molecular formula is C15H16FN3O2. The molecule has 0 aliphatic carbocycles. The maximum absolute atomic E-state index is 13.1. The standard InChI is InChI=1S/C15H16FN3O2/c1-2-3-8-15(11-4-6-12(16)7-5-11)13(20)19(10-9-17)14(21)18-15/h4-7H,2-3,8,10H2,1H3,(H,18,21). The van der Waals surface area contributed by atoms with Crippen LogP contribution in [0.25, 0.3) is 0 Å². The molecule has 1 aliphatic heterocycles. The van der Waals surface area contributed by atoms with Gasteiger partial charge in [0.05, 0.1) is 6.07 Å². The first-order valence-corrected chi connectivity index (χ1v) is 6.82. The SMILES string of the molecule is CCCCC1(c2ccc(F)cc2)NC(=O)N(CC#N)C1=O. The van der Waals surface area contributed by atoms with Gasteiger partial charge in [-0.3, -0.25) is 4.79 Å². The molecule has 1 unspecified atom stereocenters. The summed E-state index contributed by atoms with van der Waals surface area (Å²) in [5.41, 5.74) is -0.659. The molecule has 3 amide bonds. The van der Waals surface area contributed by atoms with Gasteiger partial charge in [-0.15, -0.1) is 0 Å². The van der Waals surface area contributed by atoms with Crippen molar-refractivity contribution in [2.24, 2.45) is 0 Å². The summed E-state index contributed by atoms with van der Waals surface area (Å²) >= 11 is 0. The number of unbranched alkanes of at least 4 members (excludes halogenated alkanes) is 1. The Morgan fingerprint density at radius 1 is 1.33 bits per heavy atom. The third-order valence-electron chi connectivity index (χ3n) is 3.65. The summed E-state index contributed by atoms with van der Waals surface area (Å²) in [5.74, 6) is -0.857. The zero-order valence-corrected chi connectivity index (χ0v) is 11.7. The van der Waals surface area contributed by atoms with Crippen LogP contribution in [0.4, 0.5) is 9.18 Å². The number of nitrogens with zero attached hydrogens (tertiary/aromatic N) is 2. The predicted molar refractivity (Wildman–Crippen MR) is 73.5 cm³/mol. The van der Waals surface area contributed by atoms with Crippen LogP contribution in [0.5, 0.6) is 0 Å².